The highest BCUT2D eigenvalue weighted by Crippen LogP contribution is 2.17. The predicted molar refractivity (Wildman–Crippen MR) is 86.5 cm³/mol. The van der Waals surface area contributed by atoms with Gasteiger partial charge < -0.3 is 14.5 Å². The summed E-state index contributed by atoms with van der Waals surface area (Å²) in [4.78, 5) is 17.0. The van der Waals surface area contributed by atoms with Gasteiger partial charge in [0, 0.05) is 25.2 Å². The van der Waals surface area contributed by atoms with Crippen molar-refractivity contribution in [2.45, 2.75) is 58.2 Å². The zero-order valence-corrected chi connectivity index (χ0v) is 14.6. The molecule has 0 spiro atoms. The average Bonchev–Trinajstić information content (AvgIpc) is 2.73. The summed E-state index contributed by atoms with van der Waals surface area (Å²) in [5, 5.41) is 3.38. The van der Waals surface area contributed by atoms with Crippen LogP contribution in [0.15, 0.2) is 0 Å². The highest BCUT2D eigenvalue weighted by molar-refractivity contribution is 5.80. The molecule has 124 valence electrons. The number of esters is 1. The SMILES string of the molecule is CCOC(=O)C(C)(CN(C)CC1CCCN1C)NC(C)C. The second kappa shape index (κ2) is 8.11. The van der Waals surface area contributed by atoms with E-state index in [1.165, 1.54) is 19.4 Å². The van der Waals surface area contributed by atoms with Gasteiger partial charge in [-0.2, -0.15) is 0 Å². The molecule has 0 aromatic rings. The number of ether oxygens (including phenoxy) is 1. The number of likely N-dealkylation sites (tertiary alicyclic amines) is 1. The van der Waals surface area contributed by atoms with Gasteiger partial charge in [0.05, 0.1) is 6.61 Å². The third kappa shape index (κ3) is 5.57. The molecule has 5 nitrogen and oxygen atoms in total. The first kappa shape index (κ1) is 18.4. The van der Waals surface area contributed by atoms with Crippen molar-refractivity contribution in [3.8, 4) is 0 Å². The van der Waals surface area contributed by atoms with Crippen LogP contribution in [0.4, 0.5) is 0 Å². The maximum atomic E-state index is 12.3. The Morgan fingerprint density at radius 3 is 2.67 bits per heavy atom. The zero-order chi connectivity index (χ0) is 16.0. The van der Waals surface area contributed by atoms with E-state index in [1.807, 2.05) is 13.8 Å². The largest absolute Gasteiger partial charge is 0.465 e. The lowest BCUT2D eigenvalue weighted by Crippen LogP contribution is -2.59. The number of carbonyl (C=O) groups excluding carboxylic acids is 1. The molecule has 1 heterocycles. The van der Waals surface area contributed by atoms with E-state index >= 15 is 0 Å². The van der Waals surface area contributed by atoms with Gasteiger partial charge in [0.2, 0.25) is 0 Å². The summed E-state index contributed by atoms with van der Waals surface area (Å²) in [5.74, 6) is -0.162. The molecule has 0 saturated carbocycles. The second-order valence-corrected chi connectivity index (χ2v) is 6.83. The fourth-order valence-corrected chi connectivity index (χ4v) is 3.27. The Labute approximate surface area is 130 Å². The van der Waals surface area contributed by atoms with E-state index in [2.05, 4.69) is 43.1 Å². The van der Waals surface area contributed by atoms with Crippen LogP contribution < -0.4 is 5.32 Å². The van der Waals surface area contributed by atoms with E-state index in [-0.39, 0.29) is 12.0 Å². The van der Waals surface area contributed by atoms with E-state index in [1.54, 1.807) is 0 Å². The van der Waals surface area contributed by atoms with E-state index < -0.39 is 5.54 Å². The second-order valence-electron chi connectivity index (χ2n) is 6.83. The molecule has 0 aliphatic carbocycles. The first-order valence-corrected chi connectivity index (χ1v) is 8.12. The normalized spacial score (nSPS) is 22.8. The molecule has 1 N–H and O–H groups in total. The van der Waals surface area contributed by atoms with Crippen LogP contribution in [-0.2, 0) is 9.53 Å². The minimum Gasteiger partial charge on any atom is -0.465 e. The number of nitrogens with zero attached hydrogens (tertiary/aromatic N) is 2. The summed E-state index contributed by atoms with van der Waals surface area (Å²) in [7, 11) is 4.27. The first-order chi connectivity index (χ1) is 9.78. The van der Waals surface area contributed by atoms with Gasteiger partial charge in [-0.05, 0) is 61.2 Å². The molecule has 1 aliphatic rings. The molecule has 0 aromatic carbocycles. The molecular weight excluding hydrogens is 266 g/mol. The van der Waals surface area contributed by atoms with Gasteiger partial charge in [0.25, 0.3) is 0 Å². The third-order valence-corrected chi connectivity index (χ3v) is 4.11. The van der Waals surface area contributed by atoms with Crippen LogP contribution in [0.3, 0.4) is 0 Å². The third-order valence-electron chi connectivity index (χ3n) is 4.11. The van der Waals surface area contributed by atoms with Crippen LogP contribution in [0.25, 0.3) is 0 Å². The van der Waals surface area contributed by atoms with Crippen LogP contribution in [0.2, 0.25) is 0 Å². The summed E-state index contributed by atoms with van der Waals surface area (Å²) in [5.41, 5.74) is -0.657. The Balaban J connectivity index is 2.64. The minimum atomic E-state index is -0.657. The molecule has 1 rings (SSSR count). The highest BCUT2D eigenvalue weighted by Gasteiger charge is 2.37. The van der Waals surface area contributed by atoms with Crippen LogP contribution in [0.1, 0.15) is 40.5 Å². The number of nitrogens with one attached hydrogen (secondary N) is 1. The zero-order valence-electron chi connectivity index (χ0n) is 14.6. The van der Waals surface area contributed by atoms with Gasteiger partial charge in [0.15, 0.2) is 0 Å². The fourth-order valence-electron chi connectivity index (χ4n) is 3.27. The Kier molecular flexibility index (Phi) is 7.10. The monoisotopic (exact) mass is 299 g/mol. The summed E-state index contributed by atoms with van der Waals surface area (Å²) in [6.45, 7) is 11.2. The van der Waals surface area contributed by atoms with Gasteiger partial charge in [0.1, 0.15) is 5.54 Å². The molecule has 2 atom stereocenters. The number of hydrogen-bond donors (Lipinski definition) is 1. The Morgan fingerprint density at radius 1 is 1.52 bits per heavy atom. The maximum absolute atomic E-state index is 12.3. The smallest absolute Gasteiger partial charge is 0.327 e. The van der Waals surface area contributed by atoms with Crippen molar-refractivity contribution in [2.75, 3.05) is 40.3 Å². The molecular formula is C16H33N3O2. The van der Waals surface area contributed by atoms with Gasteiger partial charge in [-0.25, -0.2) is 0 Å². The molecule has 1 fully saturated rings. The fraction of sp³-hybridized carbons (Fsp3) is 0.938. The standard InChI is InChI=1S/C16H33N3O2/c1-7-21-15(20)16(4,17-13(2)3)12-18(5)11-14-9-8-10-19(14)6/h13-14,17H,7-12H2,1-6H3. The molecule has 1 aliphatic heterocycles. The molecule has 1 saturated heterocycles. The van der Waals surface area contributed by atoms with Crippen LogP contribution in [-0.4, -0.2) is 73.7 Å². The molecule has 0 radical (unpaired) electrons. The predicted octanol–water partition coefficient (Wildman–Crippen LogP) is 1.33. The molecule has 0 amide bonds. The van der Waals surface area contributed by atoms with Crippen molar-refractivity contribution in [1.82, 2.24) is 15.1 Å². The summed E-state index contributed by atoms with van der Waals surface area (Å²) < 4.78 is 5.26. The van der Waals surface area contributed by atoms with Gasteiger partial charge >= 0.3 is 5.97 Å². The van der Waals surface area contributed by atoms with Crippen molar-refractivity contribution in [3.05, 3.63) is 0 Å². The summed E-state index contributed by atoms with van der Waals surface area (Å²) in [6.07, 6.45) is 2.52. The first-order valence-electron chi connectivity index (χ1n) is 8.12. The van der Waals surface area contributed by atoms with Crippen LogP contribution in [0, 0.1) is 0 Å². The highest BCUT2D eigenvalue weighted by atomic mass is 16.5. The van der Waals surface area contributed by atoms with E-state index in [0.717, 1.165) is 6.54 Å². The van der Waals surface area contributed by atoms with E-state index in [0.29, 0.717) is 19.2 Å². The van der Waals surface area contributed by atoms with Crippen molar-refractivity contribution in [2.24, 2.45) is 0 Å². The van der Waals surface area contributed by atoms with Gasteiger partial charge in [-0.1, -0.05) is 0 Å². The van der Waals surface area contributed by atoms with Crippen LogP contribution in [0.5, 0.6) is 0 Å². The summed E-state index contributed by atoms with van der Waals surface area (Å²) in [6, 6.07) is 0.836. The van der Waals surface area contributed by atoms with Crippen molar-refractivity contribution in [1.29, 1.82) is 0 Å². The molecule has 0 bridgehead atoms. The van der Waals surface area contributed by atoms with Crippen molar-refractivity contribution >= 4 is 5.97 Å². The maximum Gasteiger partial charge on any atom is 0.327 e. The molecule has 0 aromatic heterocycles. The van der Waals surface area contributed by atoms with E-state index in [4.69, 9.17) is 4.74 Å². The Hall–Kier alpha value is -0.650. The van der Waals surface area contributed by atoms with Crippen LogP contribution >= 0.6 is 0 Å². The number of carbonyl (C=O) groups is 1. The average molecular weight is 299 g/mol. The lowest BCUT2D eigenvalue weighted by molar-refractivity contribution is -0.151. The molecule has 21 heavy (non-hydrogen) atoms. The van der Waals surface area contributed by atoms with E-state index in [9.17, 15) is 4.79 Å². The molecule has 5 heteroatoms. The molecule has 2 unspecified atom stereocenters. The van der Waals surface area contributed by atoms with Crippen molar-refractivity contribution in [3.63, 3.8) is 0 Å². The number of hydrogen-bond acceptors (Lipinski definition) is 5. The van der Waals surface area contributed by atoms with Gasteiger partial charge in [-0.3, -0.25) is 10.1 Å². The lowest BCUT2D eigenvalue weighted by atomic mass is 10.00. The topological polar surface area (TPSA) is 44.8 Å². The quantitative estimate of drug-likeness (QED) is 0.685. The lowest BCUT2D eigenvalue weighted by Gasteiger charge is -2.35. The minimum absolute atomic E-state index is 0.162. The van der Waals surface area contributed by atoms with Gasteiger partial charge in [-0.15, -0.1) is 0 Å². The number of likely N-dealkylation sites (N-methyl/N-ethyl adjacent to an activating group) is 2. The Bertz CT molecular complexity index is 335. The number of rotatable bonds is 8. The summed E-state index contributed by atoms with van der Waals surface area (Å²) >= 11 is 0. The Morgan fingerprint density at radius 2 is 2.19 bits per heavy atom. The van der Waals surface area contributed by atoms with Crippen molar-refractivity contribution < 1.29 is 9.53 Å².